The van der Waals surface area contributed by atoms with Crippen molar-refractivity contribution in [2.75, 3.05) is 34.0 Å². The minimum absolute atomic E-state index is 0.103. The van der Waals surface area contributed by atoms with E-state index in [4.69, 9.17) is 9.47 Å². The summed E-state index contributed by atoms with van der Waals surface area (Å²) in [4.78, 5) is 17.0. The highest BCUT2D eigenvalue weighted by Crippen LogP contribution is 2.36. The highest BCUT2D eigenvalue weighted by atomic mass is 16.7. The average molecular weight is 356 g/mol. The van der Waals surface area contributed by atoms with Crippen molar-refractivity contribution < 1.29 is 14.3 Å². The number of ether oxygens (including phenoxy) is 2. The van der Waals surface area contributed by atoms with Gasteiger partial charge in [0.25, 0.3) is 0 Å². The second-order valence-corrected chi connectivity index (χ2v) is 7.25. The third kappa shape index (κ3) is 2.82. The molecule has 4 rings (SSSR count). The molecule has 26 heavy (non-hydrogen) atoms. The summed E-state index contributed by atoms with van der Waals surface area (Å²) in [6.07, 6.45) is 0. The quantitative estimate of drug-likeness (QED) is 0.838. The topological polar surface area (TPSA) is 59.8 Å². The van der Waals surface area contributed by atoms with E-state index in [1.54, 1.807) is 0 Å². The Labute approximate surface area is 153 Å². The molecule has 1 aromatic heterocycles. The van der Waals surface area contributed by atoms with Crippen LogP contribution in [0.3, 0.4) is 0 Å². The number of benzene rings is 1. The Kier molecular flexibility index (Phi) is 4.11. The van der Waals surface area contributed by atoms with Crippen LogP contribution in [0.15, 0.2) is 24.3 Å². The Morgan fingerprint density at radius 1 is 1.19 bits per heavy atom. The van der Waals surface area contributed by atoms with Crippen molar-refractivity contribution in [3.05, 3.63) is 41.2 Å². The van der Waals surface area contributed by atoms with E-state index in [1.807, 2.05) is 53.7 Å². The van der Waals surface area contributed by atoms with Gasteiger partial charge < -0.3 is 14.4 Å². The molecule has 2 aliphatic rings. The summed E-state index contributed by atoms with van der Waals surface area (Å²) in [6.45, 7) is 5.66. The standard InChI is InChI=1S/C19H24N4O3/c1-12-7-13(2)23(20-12)15-9-22(10-15)19(24)18(21(3)4)14-5-6-16-17(8-14)26-11-25-16/h5-8,15,18H,9-11H2,1-4H3/t18-/m0/s1. The molecule has 0 radical (unpaired) electrons. The summed E-state index contributed by atoms with van der Waals surface area (Å²) in [7, 11) is 3.84. The van der Waals surface area contributed by atoms with Gasteiger partial charge in [-0.05, 0) is 51.7 Å². The van der Waals surface area contributed by atoms with Gasteiger partial charge in [-0.25, -0.2) is 0 Å². The van der Waals surface area contributed by atoms with Crippen LogP contribution in [0.4, 0.5) is 0 Å². The minimum Gasteiger partial charge on any atom is -0.454 e. The first-order valence-corrected chi connectivity index (χ1v) is 8.81. The van der Waals surface area contributed by atoms with Crippen LogP contribution in [0.1, 0.15) is 29.0 Å². The van der Waals surface area contributed by atoms with E-state index >= 15 is 0 Å². The maximum atomic E-state index is 13.1. The van der Waals surface area contributed by atoms with Crippen LogP contribution in [-0.2, 0) is 4.79 Å². The number of likely N-dealkylation sites (tertiary alicyclic amines) is 1. The number of hydrogen-bond donors (Lipinski definition) is 0. The van der Waals surface area contributed by atoms with E-state index in [1.165, 1.54) is 0 Å². The lowest BCUT2D eigenvalue weighted by molar-refractivity contribution is -0.142. The van der Waals surface area contributed by atoms with Crippen molar-refractivity contribution in [2.24, 2.45) is 0 Å². The van der Waals surface area contributed by atoms with Gasteiger partial charge in [0.2, 0.25) is 12.7 Å². The molecule has 2 aliphatic heterocycles. The lowest BCUT2D eigenvalue weighted by Gasteiger charge is -2.42. The molecule has 0 unspecified atom stereocenters. The molecule has 1 saturated heterocycles. The summed E-state index contributed by atoms with van der Waals surface area (Å²) in [5.41, 5.74) is 3.07. The molecule has 0 saturated carbocycles. The number of aromatic nitrogens is 2. The molecule has 1 amide bonds. The number of aryl methyl sites for hydroxylation is 2. The number of carbonyl (C=O) groups is 1. The molecule has 7 heteroatoms. The number of amides is 1. The average Bonchev–Trinajstić information content (AvgIpc) is 3.11. The summed E-state index contributed by atoms with van der Waals surface area (Å²) in [5, 5.41) is 4.54. The zero-order chi connectivity index (χ0) is 18.4. The molecule has 2 aromatic rings. The van der Waals surface area contributed by atoms with Crippen LogP contribution in [-0.4, -0.2) is 59.5 Å². The largest absolute Gasteiger partial charge is 0.454 e. The molecule has 0 N–H and O–H groups in total. The number of fused-ring (bicyclic) bond motifs is 1. The van der Waals surface area contributed by atoms with E-state index in [-0.39, 0.29) is 24.8 Å². The third-order valence-electron chi connectivity index (χ3n) is 5.03. The fourth-order valence-corrected chi connectivity index (χ4v) is 3.72. The summed E-state index contributed by atoms with van der Waals surface area (Å²) in [6, 6.07) is 7.70. The maximum Gasteiger partial charge on any atom is 0.244 e. The molecule has 0 aliphatic carbocycles. The number of nitrogens with zero attached hydrogens (tertiary/aromatic N) is 4. The number of hydrogen-bond acceptors (Lipinski definition) is 5. The molecule has 3 heterocycles. The SMILES string of the molecule is Cc1cc(C)n(C2CN(C(=O)[C@H](c3ccc4c(c3)OCO4)N(C)C)C2)n1. The van der Waals surface area contributed by atoms with E-state index in [2.05, 4.69) is 18.1 Å². The predicted octanol–water partition coefficient (Wildman–Crippen LogP) is 1.91. The lowest BCUT2D eigenvalue weighted by Crippen LogP contribution is -2.54. The first kappa shape index (κ1) is 16.9. The van der Waals surface area contributed by atoms with E-state index in [0.717, 1.165) is 22.7 Å². The van der Waals surface area contributed by atoms with Crippen molar-refractivity contribution in [3.63, 3.8) is 0 Å². The van der Waals surface area contributed by atoms with Gasteiger partial charge in [0, 0.05) is 18.8 Å². The second-order valence-electron chi connectivity index (χ2n) is 7.25. The Bertz CT molecular complexity index is 839. The zero-order valence-electron chi connectivity index (χ0n) is 15.6. The molecule has 138 valence electrons. The van der Waals surface area contributed by atoms with Gasteiger partial charge in [0.1, 0.15) is 6.04 Å². The predicted molar refractivity (Wildman–Crippen MR) is 96.3 cm³/mol. The van der Waals surface area contributed by atoms with E-state index in [0.29, 0.717) is 18.8 Å². The van der Waals surface area contributed by atoms with Gasteiger partial charge in [-0.1, -0.05) is 6.07 Å². The molecule has 7 nitrogen and oxygen atoms in total. The van der Waals surface area contributed by atoms with Crippen LogP contribution in [0.2, 0.25) is 0 Å². The van der Waals surface area contributed by atoms with Crippen LogP contribution in [0.5, 0.6) is 11.5 Å². The fraction of sp³-hybridized carbons (Fsp3) is 0.474. The normalized spacial score (nSPS) is 17.5. The van der Waals surface area contributed by atoms with Crippen LogP contribution < -0.4 is 9.47 Å². The van der Waals surface area contributed by atoms with E-state index < -0.39 is 0 Å². The molecule has 1 aromatic carbocycles. The fourth-order valence-electron chi connectivity index (χ4n) is 3.72. The zero-order valence-corrected chi connectivity index (χ0v) is 15.6. The first-order chi connectivity index (χ1) is 12.4. The Morgan fingerprint density at radius 2 is 1.92 bits per heavy atom. The van der Waals surface area contributed by atoms with Crippen LogP contribution in [0.25, 0.3) is 0 Å². The second kappa shape index (κ2) is 6.32. The maximum absolute atomic E-state index is 13.1. The molecule has 0 bridgehead atoms. The Morgan fingerprint density at radius 3 is 2.58 bits per heavy atom. The van der Waals surface area contributed by atoms with Gasteiger partial charge in [-0.2, -0.15) is 5.10 Å². The monoisotopic (exact) mass is 356 g/mol. The van der Waals surface area contributed by atoms with Crippen molar-refractivity contribution in [1.82, 2.24) is 19.6 Å². The minimum atomic E-state index is -0.342. The van der Waals surface area contributed by atoms with Gasteiger partial charge in [-0.3, -0.25) is 14.4 Å². The van der Waals surface area contributed by atoms with Gasteiger partial charge in [0.15, 0.2) is 11.5 Å². The van der Waals surface area contributed by atoms with Gasteiger partial charge in [-0.15, -0.1) is 0 Å². The molecular formula is C19H24N4O3. The van der Waals surface area contributed by atoms with E-state index in [9.17, 15) is 4.79 Å². The van der Waals surface area contributed by atoms with Crippen molar-refractivity contribution >= 4 is 5.91 Å². The molecule has 0 spiro atoms. The van der Waals surface area contributed by atoms with Gasteiger partial charge >= 0.3 is 0 Å². The Balaban J connectivity index is 1.50. The number of carbonyl (C=O) groups excluding carboxylic acids is 1. The molecule has 1 fully saturated rings. The highest BCUT2D eigenvalue weighted by Gasteiger charge is 2.38. The summed E-state index contributed by atoms with van der Waals surface area (Å²) in [5.74, 6) is 1.53. The van der Waals surface area contributed by atoms with Crippen molar-refractivity contribution in [2.45, 2.75) is 25.9 Å². The van der Waals surface area contributed by atoms with Crippen LogP contribution >= 0.6 is 0 Å². The Hall–Kier alpha value is -2.54. The summed E-state index contributed by atoms with van der Waals surface area (Å²) >= 11 is 0. The third-order valence-corrected chi connectivity index (χ3v) is 5.03. The molecular weight excluding hydrogens is 332 g/mol. The smallest absolute Gasteiger partial charge is 0.244 e. The van der Waals surface area contributed by atoms with Crippen LogP contribution in [0, 0.1) is 13.8 Å². The number of rotatable bonds is 4. The number of likely N-dealkylation sites (N-methyl/N-ethyl adjacent to an activating group) is 1. The van der Waals surface area contributed by atoms with Crippen molar-refractivity contribution in [1.29, 1.82) is 0 Å². The van der Waals surface area contributed by atoms with Crippen molar-refractivity contribution in [3.8, 4) is 11.5 Å². The van der Waals surface area contributed by atoms with Gasteiger partial charge in [0.05, 0.1) is 11.7 Å². The lowest BCUT2D eigenvalue weighted by atomic mass is 10.0. The first-order valence-electron chi connectivity index (χ1n) is 8.81. The highest BCUT2D eigenvalue weighted by molar-refractivity contribution is 5.84. The summed E-state index contributed by atoms with van der Waals surface area (Å²) < 4.78 is 12.9. The molecule has 1 atom stereocenters.